The van der Waals surface area contributed by atoms with Gasteiger partial charge in [0.25, 0.3) is 15.9 Å². The van der Waals surface area contributed by atoms with Crippen LogP contribution in [0.3, 0.4) is 0 Å². The minimum absolute atomic E-state index is 0.132. The van der Waals surface area contributed by atoms with Crippen molar-refractivity contribution in [2.75, 3.05) is 37.0 Å². The average Bonchev–Trinajstić information content (AvgIpc) is 3.26. The number of hydrogen-bond acceptors (Lipinski definition) is 4. The lowest BCUT2D eigenvalue weighted by molar-refractivity contribution is 0.0952. The Bertz CT molecular complexity index is 893. The Kier molecular flexibility index (Phi) is 7.28. The monoisotopic (exact) mass is 415 g/mol. The Balaban J connectivity index is 1.60. The molecule has 6 nitrogen and oxygen atoms in total. The van der Waals surface area contributed by atoms with Crippen LogP contribution in [0.1, 0.15) is 36.5 Å². The molecule has 7 heteroatoms. The van der Waals surface area contributed by atoms with Crippen LogP contribution >= 0.6 is 0 Å². The summed E-state index contributed by atoms with van der Waals surface area (Å²) >= 11 is 0. The number of likely N-dealkylation sites (tertiary alicyclic amines) is 1. The maximum Gasteiger partial charge on any atom is 0.264 e. The standard InChI is InChI=1S/C22H29N3O3S/c1-2-25(29(27,28)21-9-4-3-5-10-21)20-13-11-19(12-14-20)22(26)23-15-8-18-24-16-6-7-17-24/h3-5,9-14H,2,6-8,15-18H2,1H3,(H,23,26). The maximum atomic E-state index is 12.9. The average molecular weight is 416 g/mol. The Labute approximate surface area is 173 Å². The predicted octanol–water partition coefficient (Wildman–Crippen LogP) is 3.12. The van der Waals surface area contributed by atoms with Crippen LogP contribution < -0.4 is 9.62 Å². The van der Waals surface area contributed by atoms with Gasteiger partial charge in [0, 0.05) is 18.7 Å². The van der Waals surface area contributed by atoms with Crippen molar-refractivity contribution in [1.82, 2.24) is 10.2 Å². The van der Waals surface area contributed by atoms with E-state index in [1.54, 1.807) is 61.5 Å². The van der Waals surface area contributed by atoms with Crippen molar-refractivity contribution in [3.63, 3.8) is 0 Å². The van der Waals surface area contributed by atoms with Gasteiger partial charge in [-0.2, -0.15) is 0 Å². The molecule has 1 amide bonds. The Hall–Kier alpha value is -2.38. The van der Waals surface area contributed by atoms with Gasteiger partial charge in [0.1, 0.15) is 0 Å². The summed E-state index contributed by atoms with van der Waals surface area (Å²) in [5.41, 5.74) is 1.07. The zero-order valence-electron chi connectivity index (χ0n) is 16.9. The number of hydrogen-bond donors (Lipinski definition) is 1. The highest BCUT2D eigenvalue weighted by molar-refractivity contribution is 7.92. The van der Waals surface area contributed by atoms with Crippen LogP contribution in [0.5, 0.6) is 0 Å². The molecule has 0 atom stereocenters. The Morgan fingerprint density at radius 2 is 1.69 bits per heavy atom. The molecule has 1 heterocycles. The van der Waals surface area contributed by atoms with Crippen molar-refractivity contribution in [2.24, 2.45) is 0 Å². The third kappa shape index (κ3) is 5.36. The SMILES string of the molecule is CCN(c1ccc(C(=O)NCCCN2CCCC2)cc1)S(=O)(=O)c1ccccc1. The number of anilines is 1. The van der Waals surface area contributed by atoms with Crippen LogP contribution in [0.25, 0.3) is 0 Å². The second-order valence-electron chi connectivity index (χ2n) is 7.19. The molecule has 0 radical (unpaired) electrons. The molecule has 1 N–H and O–H groups in total. The van der Waals surface area contributed by atoms with Crippen LogP contribution in [0.15, 0.2) is 59.5 Å². The van der Waals surface area contributed by atoms with Gasteiger partial charge in [-0.05, 0) is 82.2 Å². The second kappa shape index (κ2) is 9.89. The van der Waals surface area contributed by atoms with E-state index in [0.29, 0.717) is 24.3 Å². The number of amides is 1. The number of benzene rings is 2. The quantitative estimate of drug-likeness (QED) is 0.639. The van der Waals surface area contributed by atoms with Gasteiger partial charge in [-0.25, -0.2) is 8.42 Å². The van der Waals surface area contributed by atoms with Crippen molar-refractivity contribution in [2.45, 2.75) is 31.1 Å². The molecule has 0 spiro atoms. The van der Waals surface area contributed by atoms with E-state index in [9.17, 15) is 13.2 Å². The van der Waals surface area contributed by atoms with Crippen molar-refractivity contribution in [3.8, 4) is 0 Å². The van der Waals surface area contributed by atoms with Crippen LogP contribution in [0.2, 0.25) is 0 Å². The number of sulfonamides is 1. The van der Waals surface area contributed by atoms with E-state index in [4.69, 9.17) is 0 Å². The first kappa shape index (κ1) is 21.3. The lowest BCUT2D eigenvalue weighted by Gasteiger charge is -2.23. The molecule has 0 aliphatic carbocycles. The highest BCUT2D eigenvalue weighted by Gasteiger charge is 2.23. The summed E-state index contributed by atoms with van der Waals surface area (Å²) in [4.78, 5) is 15.0. The highest BCUT2D eigenvalue weighted by atomic mass is 32.2. The molecule has 3 rings (SSSR count). The molecule has 156 valence electrons. The van der Waals surface area contributed by atoms with Crippen molar-refractivity contribution in [3.05, 3.63) is 60.2 Å². The van der Waals surface area contributed by atoms with E-state index in [1.165, 1.54) is 17.1 Å². The van der Waals surface area contributed by atoms with Crippen LogP contribution in [0, 0.1) is 0 Å². The number of nitrogens with one attached hydrogen (secondary N) is 1. The van der Waals surface area contributed by atoms with Gasteiger partial charge in [-0.3, -0.25) is 9.10 Å². The normalized spacial score (nSPS) is 14.7. The van der Waals surface area contributed by atoms with E-state index >= 15 is 0 Å². The third-order valence-corrected chi connectivity index (χ3v) is 7.09. The van der Waals surface area contributed by atoms with Crippen molar-refractivity contribution in [1.29, 1.82) is 0 Å². The van der Waals surface area contributed by atoms with Crippen LogP contribution in [0.4, 0.5) is 5.69 Å². The fraction of sp³-hybridized carbons (Fsp3) is 0.409. The van der Waals surface area contributed by atoms with Gasteiger partial charge in [0.15, 0.2) is 0 Å². The Morgan fingerprint density at radius 3 is 2.31 bits per heavy atom. The summed E-state index contributed by atoms with van der Waals surface area (Å²) in [6, 6.07) is 15.1. The van der Waals surface area contributed by atoms with Gasteiger partial charge in [-0.1, -0.05) is 18.2 Å². The molecule has 1 aliphatic rings. The lowest BCUT2D eigenvalue weighted by atomic mass is 10.2. The lowest BCUT2D eigenvalue weighted by Crippen LogP contribution is -2.31. The van der Waals surface area contributed by atoms with Crippen molar-refractivity contribution < 1.29 is 13.2 Å². The molecule has 0 unspecified atom stereocenters. The largest absolute Gasteiger partial charge is 0.352 e. The predicted molar refractivity (Wildman–Crippen MR) is 116 cm³/mol. The number of nitrogens with zero attached hydrogens (tertiary/aromatic N) is 2. The fourth-order valence-electron chi connectivity index (χ4n) is 3.60. The molecule has 29 heavy (non-hydrogen) atoms. The Morgan fingerprint density at radius 1 is 1.03 bits per heavy atom. The molecule has 0 aromatic heterocycles. The molecular formula is C22H29N3O3S. The van der Waals surface area contributed by atoms with Gasteiger partial charge < -0.3 is 10.2 Å². The fourth-order valence-corrected chi connectivity index (χ4v) is 5.10. The van der Waals surface area contributed by atoms with Gasteiger partial charge in [-0.15, -0.1) is 0 Å². The van der Waals surface area contributed by atoms with E-state index in [0.717, 1.165) is 26.1 Å². The topological polar surface area (TPSA) is 69.7 Å². The summed E-state index contributed by atoms with van der Waals surface area (Å²) in [5, 5.41) is 2.94. The first-order valence-electron chi connectivity index (χ1n) is 10.2. The molecule has 2 aromatic rings. The molecule has 1 aliphatic heterocycles. The van der Waals surface area contributed by atoms with Crippen molar-refractivity contribution >= 4 is 21.6 Å². The minimum Gasteiger partial charge on any atom is -0.352 e. The third-order valence-electron chi connectivity index (χ3n) is 5.17. The first-order chi connectivity index (χ1) is 14.0. The number of carbonyl (C=O) groups excluding carboxylic acids is 1. The highest BCUT2D eigenvalue weighted by Crippen LogP contribution is 2.23. The molecule has 1 fully saturated rings. The van der Waals surface area contributed by atoms with Crippen LogP contribution in [-0.4, -0.2) is 51.9 Å². The minimum atomic E-state index is -3.63. The summed E-state index contributed by atoms with van der Waals surface area (Å²) < 4.78 is 27.2. The smallest absolute Gasteiger partial charge is 0.264 e. The molecule has 2 aromatic carbocycles. The zero-order valence-corrected chi connectivity index (χ0v) is 17.7. The zero-order chi connectivity index (χ0) is 20.7. The molecule has 0 bridgehead atoms. The van der Waals surface area contributed by atoms with Gasteiger partial charge in [0.05, 0.1) is 10.6 Å². The number of rotatable bonds is 9. The molecular weight excluding hydrogens is 386 g/mol. The summed E-state index contributed by atoms with van der Waals surface area (Å²) in [5.74, 6) is -0.132. The number of carbonyl (C=O) groups is 1. The van der Waals surface area contributed by atoms with E-state index in [2.05, 4.69) is 10.2 Å². The van der Waals surface area contributed by atoms with Crippen LogP contribution in [-0.2, 0) is 10.0 Å². The summed E-state index contributed by atoms with van der Waals surface area (Å²) in [7, 11) is -3.63. The molecule has 1 saturated heterocycles. The molecule has 0 saturated carbocycles. The van der Waals surface area contributed by atoms with E-state index < -0.39 is 10.0 Å². The van der Waals surface area contributed by atoms with Gasteiger partial charge in [0.2, 0.25) is 0 Å². The maximum absolute atomic E-state index is 12.9. The van der Waals surface area contributed by atoms with E-state index in [-0.39, 0.29) is 10.8 Å². The second-order valence-corrected chi connectivity index (χ2v) is 9.05. The summed E-state index contributed by atoms with van der Waals surface area (Å²) in [6.45, 7) is 6.08. The first-order valence-corrected chi connectivity index (χ1v) is 11.6. The van der Waals surface area contributed by atoms with E-state index in [1.807, 2.05) is 0 Å². The summed E-state index contributed by atoms with van der Waals surface area (Å²) in [6.07, 6.45) is 3.48. The van der Waals surface area contributed by atoms with Gasteiger partial charge >= 0.3 is 0 Å².